The largest absolute Gasteiger partial charge is 0.463 e. The van der Waals surface area contributed by atoms with Crippen molar-refractivity contribution in [2.75, 3.05) is 26.7 Å². The Morgan fingerprint density at radius 3 is 3.00 bits per heavy atom. The summed E-state index contributed by atoms with van der Waals surface area (Å²) >= 11 is 0. The van der Waals surface area contributed by atoms with E-state index in [1.165, 1.54) is 0 Å². The van der Waals surface area contributed by atoms with Gasteiger partial charge in [-0.3, -0.25) is 4.90 Å². The van der Waals surface area contributed by atoms with Crippen LogP contribution in [0.1, 0.15) is 18.4 Å². The molecule has 1 aliphatic heterocycles. The van der Waals surface area contributed by atoms with E-state index < -0.39 is 0 Å². The summed E-state index contributed by atoms with van der Waals surface area (Å²) in [5, 5.41) is 3.08. The Morgan fingerprint density at radius 1 is 1.44 bits per heavy atom. The zero-order valence-corrected chi connectivity index (χ0v) is 10.0. The number of nitrogens with one attached hydrogen (secondary N) is 1. The molecule has 0 amide bonds. The van der Waals surface area contributed by atoms with Gasteiger partial charge in [0.1, 0.15) is 11.5 Å². The monoisotopic (exact) mass is 224 g/mol. The molecule has 16 heavy (non-hydrogen) atoms. The van der Waals surface area contributed by atoms with Gasteiger partial charge in [-0.15, -0.1) is 0 Å². The first kappa shape index (κ1) is 11.6. The van der Waals surface area contributed by atoms with E-state index in [0.29, 0.717) is 6.10 Å². The summed E-state index contributed by atoms with van der Waals surface area (Å²) in [7, 11) is 1.92. The van der Waals surface area contributed by atoms with Crippen LogP contribution in [0.3, 0.4) is 0 Å². The van der Waals surface area contributed by atoms with Crippen molar-refractivity contribution in [2.45, 2.75) is 26.1 Å². The van der Waals surface area contributed by atoms with Crippen molar-refractivity contribution in [3.05, 3.63) is 23.7 Å². The Bertz CT molecular complexity index is 325. The Labute approximate surface area is 96.6 Å². The van der Waals surface area contributed by atoms with E-state index in [0.717, 1.165) is 44.3 Å². The molecule has 1 N–H and O–H groups in total. The molecule has 0 spiro atoms. The molecule has 1 aliphatic rings. The maximum Gasteiger partial charge on any atom is 0.118 e. The number of ether oxygens (including phenoxy) is 1. The van der Waals surface area contributed by atoms with Crippen molar-refractivity contribution in [3.8, 4) is 0 Å². The molecule has 1 aromatic rings. The van der Waals surface area contributed by atoms with Gasteiger partial charge in [-0.2, -0.15) is 0 Å². The highest BCUT2D eigenvalue weighted by Crippen LogP contribution is 2.13. The molecule has 1 fully saturated rings. The van der Waals surface area contributed by atoms with Crippen LogP contribution in [0.25, 0.3) is 0 Å². The van der Waals surface area contributed by atoms with Crippen LogP contribution in [0, 0.1) is 0 Å². The highest BCUT2D eigenvalue weighted by molar-refractivity contribution is 5.07. The van der Waals surface area contributed by atoms with Gasteiger partial charge in [-0.1, -0.05) is 0 Å². The minimum atomic E-state index is 0.334. The molecule has 0 aromatic carbocycles. The normalized spacial score (nSPS) is 22.5. The van der Waals surface area contributed by atoms with Gasteiger partial charge < -0.3 is 14.5 Å². The zero-order chi connectivity index (χ0) is 11.4. The second-order valence-electron chi connectivity index (χ2n) is 4.31. The molecule has 0 saturated carbocycles. The fourth-order valence-electron chi connectivity index (χ4n) is 2.03. The molecule has 4 heteroatoms. The van der Waals surface area contributed by atoms with Crippen molar-refractivity contribution in [1.29, 1.82) is 0 Å². The Kier molecular flexibility index (Phi) is 3.98. The predicted molar refractivity (Wildman–Crippen MR) is 62.2 cm³/mol. The molecule has 1 saturated heterocycles. The van der Waals surface area contributed by atoms with Crippen LogP contribution in [0.2, 0.25) is 0 Å². The van der Waals surface area contributed by atoms with Gasteiger partial charge in [-0.25, -0.2) is 0 Å². The van der Waals surface area contributed by atoms with Crippen LogP contribution in [-0.4, -0.2) is 37.7 Å². The zero-order valence-electron chi connectivity index (χ0n) is 10.0. The molecule has 0 bridgehead atoms. The predicted octanol–water partition coefficient (Wildman–Crippen LogP) is 1.22. The van der Waals surface area contributed by atoms with Gasteiger partial charge >= 0.3 is 0 Å². The molecule has 2 rings (SSSR count). The summed E-state index contributed by atoms with van der Waals surface area (Å²) in [5.41, 5.74) is 0. The molecule has 4 nitrogen and oxygen atoms in total. The fraction of sp³-hybridized carbons (Fsp3) is 0.667. The Balaban J connectivity index is 1.87. The van der Waals surface area contributed by atoms with Crippen LogP contribution in [-0.2, 0) is 17.8 Å². The summed E-state index contributed by atoms with van der Waals surface area (Å²) in [6.07, 6.45) is 0.334. The maximum absolute atomic E-state index is 5.72. The van der Waals surface area contributed by atoms with Gasteiger partial charge in [0, 0.05) is 13.1 Å². The van der Waals surface area contributed by atoms with Crippen molar-refractivity contribution in [2.24, 2.45) is 0 Å². The third-order valence-corrected chi connectivity index (χ3v) is 2.77. The first-order chi connectivity index (χ1) is 7.78. The quantitative estimate of drug-likeness (QED) is 0.834. The molecular formula is C12H20N2O2. The second kappa shape index (κ2) is 5.48. The van der Waals surface area contributed by atoms with E-state index in [-0.39, 0.29) is 0 Å². The van der Waals surface area contributed by atoms with E-state index in [4.69, 9.17) is 9.15 Å². The summed E-state index contributed by atoms with van der Waals surface area (Å²) in [5.74, 6) is 2.04. The van der Waals surface area contributed by atoms with E-state index in [2.05, 4.69) is 23.2 Å². The van der Waals surface area contributed by atoms with E-state index in [9.17, 15) is 0 Å². The number of nitrogens with zero attached hydrogens (tertiary/aromatic N) is 1. The van der Waals surface area contributed by atoms with Crippen LogP contribution >= 0.6 is 0 Å². The van der Waals surface area contributed by atoms with Gasteiger partial charge in [0.2, 0.25) is 0 Å². The first-order valence-corrected chi connectivity index (χ1v) is 5.84. The lowest BCUT2D eigenvalue weighted by Gasteiger charge is -2.30. The molecule has 0 radical (unpaired) electrons. The minimum absolute atomic E-state index is 0.334. The van der Waals surface area contributed by atoms with Gasteiger partial charge in [0.25, 0.3) is 0 Å². The number of hydrogen-bond acceptors (Lipinski definition) is 4. The third kappa shape index (κ3) is 3.07. The summed E-state index contributed by atoms with van der Waals surface area (Å²) < 4.78 is 11.2. The molecule has 90 valence electrons. The van der Waals surface area contributed by atoms with Gasteiger partial charge in [-0.05, 0) is 26.1 Å². The van der Waals surface area contributed by atoms with Crippen LogP contribution < -0.4 is 5.32 Å². The number of furan rings is 1. The summed E-state index contributed by atoms with van der Waals surface area (Å²) in [4.78, 5) is 2.37. The molecule has 2 heterocycles. The first-order valence-electron chi connectivity index (χ1n) is 5.84. The van der Waals surface area contributed by atoms with Crippen molar-refractivity contribution >= 4 is 0 Å². The minimum Gasteiger partial charge on any atom is -0.463 e. The van der Waals surface area contributed by atoms with Gasteiger partial charge in [0.15, 0.2) is 0 Å². The fourth-order valence-corrected chi connectivity index (χ4v) is 2.03. The Morgan fingerprint density at radius 2 is 2.25 bits per heavy atom. The van der Waals surface area contributed by atoms with Crippen LogP contribution in [0.15, 0.2) is 16.5 Å². The van der Waals surface area contributed by atoms with Crippen molar-refractivity contribution in [1.82, 2.24) is 10.2 Å². The third-order valence-electron chi connectivity index (χ3n) is 2.77. The van der Waals surface area contributed by atoms with Gasteiger partial charge in [0.05, 0.1) is 25.8 Å². The van der Waals surface area contributed by atoms with E-state index >= 15 is 0 Å². The molecular weight excluding hydrogens is 204 g/mol. The lowest BCUT2D eigenvalue weighted by molar-refractivity contribution is -0.0231. The highest BCUT2D eigenvalue weighted by Gasteiger charge is 2.17. The lowest BCUT2D eigenvalue weighted by atomic mass is 10.3. The number of morpholine rings is 1. The average Bonchev–Trinajstić information content (AvgIpc) is 2.66. The summed E-state index contributed by atoms with van der Waals surface area (Å²) in [6.45, 7) is 6.59. The van der Waals surface area contributed by atoms with E-state index in [1.54, 1.807) is 0 Å². The van der Waals surface area contributed by atoms with Crippen LogP contribution in [0.5, 0.6) is 0 Å². The maximum atomic E-state index is 5.72. The average molecular weight is 224 g/mol. The second-order valence-corrected chi connectivity index (χ2v) is 4.31. The molecule has 1 unspecified atom stereocenters. The van der Waals surface area contributed by atoms with E-state index in [1.807, 2.05) is 13.1 Å². The number of hydrogen-bond donors (Lipinski definition) is 1. The van der Waals surface area contributed by atoms with Crippen molar-refractivity contribution < 1.29 is 9.15 Å². The van der Waals surface area contributed by atoms with Crippen LogP contribution in [0.4, 0.5) is 0 Å². The molecule has 1 aromatic heterocycles. The SMILES string of the molecule is CNCc1ccc(CN2CCOC(C)C2)o1. The Hall–Kier alpha value is -0.840. The van der Waals surface area contributed by atoms with Crippen molar-refractivity contribution in [3.63, 3.8) is 0 Å². The molecule has 0 aliphatic carbocycles. The number of rotatable bonds is 4. The topological polar surface area (TPSA) is 37.6 Å². The smallest absolute Gasteiger partial charge is 0.118 e. The lowest BCUT2D eigenvalue weighted by Crippen LogP contribution is -2.40. The molecule has 1 atom stereocenters. The summed E-state index contributed by atoms with van der Waals surface area (Å²) in [6, 6.07) is 4.10. The standard InChI is InChI=1S/C12H20N2O2/c1-10-8-14(5-6-15-10)9-12-4-3-11(16-12)7-13-2/h3-4,10,13H,5-9H2,1-2H3. The highest BCUT2D eigenvalue weighted by atomic mass is 16.5.